The summed E-state index contributed by atoms with van der Waals surface area (Å²) in [4.78, 5) is 30.0. The Labute approximate surface area is 234 Å². The van der Waals surface area contributed by atoms with Crippen molar-refractivity contribution < 1.29 is 13.9 Å². The van der Waals surface area contributed by atoms with Gasteiger partial charge in [0.15, 0.2) is 17.3 Å². The molecule has 0 aliphatic heterocycles. The van der Waals surface area contributed by atoms with E-state index in [9.17, 15) is 9.18 Å². The molecule has 2 aliphatic rings. The summed E-state index contributed by atoms with van der Waals surface area (Å²) in [5, 5.41) is 3.58. The van der Waals surface area contributed by atoms with Crippen LogP contribution in [0.1, 0.15) is 88.8 Å². The lowest BCUT2D eigenvalue weighted by molar-refractivity contribution is 0.0587. The van der Waals surface area contributed by atoms with E-state index in [1.165, 1.54) is 32.6 Å². The van der Waals surface area contributed by atoms with Gasteiger partial charge in [0.1, 0.15) is 17.0 Å². The normalized spacial score (nSPS) is 21.0. The second kappa shape index (κ2) is 11.0. The van der Waals surface area contributed by atoms with Crippen molar-refractivity contribution in [3.63, 3.8) is 0 Å². The molecule has 3 aromatic rings. The van der Waals surface area contributed by atoms with Gasteiger partial charge in [0.05, 0.1) is 18.2 Å². The number of ether oxygens (including phenoxy) is 1. The summed E-state index contributed by atoms with van der Waals surface area (Å²) in [6, 6.07) is 1.83. The number of carbonyl (C=O) groups is 1. The predicted octanol–water partition coefficient (Wildman–Crippen LogP) is 6.71. The Morgan fingerprint density at radius 3 is 2.54 bits per heavy atom. The summed E-state index contributed by atoms with van der Waals surface area (Å²) >= 11 is 6.54. The first-order chi connectivity index (χ1) is 18.5. The Kier molecular flexibility index (Phi) is 7.82. The van der Waals surface area contributed by atoms with Gasteiger partial charge in [-0.3, -0.25) is 0 Å². The van der Waals surface area contributed by atoms with Crippen LogP contribution in [0.5, 0.6) is 0 Å². The molecule has 2 saturated carbocycles. The molecular weight excluding hydrogens is 519 g/mol. The van der Waals surface area contributed by atoms with Crippen LogP contribution < -0.4 is 5.32 Å². The van der Waals surface area contributed by atoms with Crippen LogP contribution in [0.3, 0.4) is 0 Å². The lowest BCUT2D eigenvalue weighted by Crippen LogP contribution is -2.31. The van der Waals surface area contributed by atoms with Crippen molar-refractivity contribution in [1.82, 2.24) is 24.5 Å². The van der Waals surface area contributed by atoms with E-state index in [1.54, 1.807) is 19.9 Å². The lowest BCUT2D eigenvalue weighted by atomic mass is 9.80. The lowest BCUT2D eigenvalue weighted by Gasteiger charge is -2.32. The summed E-state index contributed by atoms with van der Waals surface area (Å²) < 4.78 is 21.8. The monoisotopic (exact) mass is 556 g/mol. The van der Waals surface area contributed by atoms with Gasteiger partial charge in [-0.2, -0.15) is 0 Å². The number of alkyl halides is 1. The molecule has 210 valence electrons. The molecule has 8 nitrogen and oxygen atoms in total. The van der Waals surface area contributed by atoms with Gasteiger partial charge in [-0.25, -0.2) is 29.1 Å². The van der Waals surface area contributed by atoms with Crippen molar-refractivity contribution in [3.8, 4) is 11.5 Å². The van der Waals surface area contributed by atoms with Crippen molar-refractivity contribution in [2.24, 2.45) is 17.8 Å². The van der Waals surface area contributed by atoms with Crippen molar-refractivity contribution in [1.29, 1.82) is 0 Å². The van der Waals surface area contributed by atoms with Crippen LogP contribution in [0.25, 0.3) is 22.7 Å². The molecule has 0 bridgehead atoms. The standard InChI is InChI=1S/C29H38ClFN6O2/c1-16-9-11-18(12-10-16)15-37-23-24(33-17(2)19-7-6-8-19)34-26(28(38)39-5)35-25(23)36-27(37)22-13-20(29(3,4)30)21(31)14-32-22/h13-14,16-19H,6-12,15H2,1-5H3,(H,33,34,35)/t16?,17-,18?/m1/s1. The molecule has 2 fully saturated rings. The molecule has 3 aromatic heterocycles. The number of rotatable bonds is 8. The predicted molar refractivity (Wildman–Crippen MR) is 150 cm³/mol. The molecule has 1 atom stereocenters. The third-order valence-corrected chi connectivity index (χ3v) is 8.70. The summed E-state index contributed by atoms with van der Waals surface area (Å²) in [6.07, 6.45) is 9.32. The van der Waals surface area contributed by atoms with E-state index in [4.69, 9.17) is 21.3 Å². The molecule has 1 N–H and O–H groups in total. The molecule has 0 radical (unpaired) electrons. The van der Waals surface area contributed by atoms with Gasteiger partial charge >= 0.3 is 5.97 Å². The molecule has 2 aliphatic carbocycles. The minimum Gasteiger partial charge on any atom is -0.463 e. The van der Waals surface area contributed by atoms with E-state index in [2.05, 4.69) is 38.7 Å². The number of esters is 1. The molecule has 0 amide bonds. The SMILES string of the molecule is COC(=O)c1nc(N[C@H](C)C2CCC2)c2c(n1)nc(-c1cc(C(C)(C)Cl)c(F)cn1)n2CC1CCC(C)CC1. The number of aromatic nitrogens is 5. The van der Waals surface area contributed by atoms with Crippen molar-refractivity contribution in [3.05, 3.63) is 29.5 Å². The zero-order valence-electron chi connectivity index (χ0n) is 23.4. The number of methoxy groups -OCH3 is 1. The third kappa shape index (κ3) is 5.74. The number of halogens is 2. The maximum atomic E-state index is 14.7. The minimum atomic E-state index is -0.930. The van der Waals surface area contributed by atoms with E-state index >= 15 is 0 Å². The molecule has 0 spiro atoms. The molecule has 10 heteroatoms. The Hall–Kier alpha value is -2.81. The second-order valence-electron chi connectivity index (χ2n) is 11.9. The molecule has 0 aromatic carbocycles. The number of hydrogen-bond donors (Lipinski definition) is 1. The third-order valence-electron chi connectivity index (χ3n) is 8.49. The zero-order chi connectivity index (χ0) is 27.9. The molecule has 39 heavy (non-hydrogen) atoms. The fourth-order valence-corrected chi connectivity index (χ4v) is 5.90. The second-order valence-corrected chi connectivity index (χ2v) is 12.8. The summed E-state index contributed by atoms with van der Waals surface area (Å²) in [5.41, 5.74) is 1.95. The van der Waals surface area contributed by atoms with Gasteiger partial charge in [0, 0.05) is 18.2 Å². The van der Waals surface area contributed by atoms with Crippen LogP contribution in [0.15, 0.2) is 12.3 Å². The maximum Gasteiger partial charge on any atom is 0.376 e. The molecular formula is C29H38ClFN6O2. The van der Waals surface area contributed by atoms with E-state index in [1.807, 2.05) is 0 Å². The van der Waals surface area contributed by atoms with Gasteiger partial charge < -0.3 is 14.6 Å². The van der Waals surface area contributed by atoms with Gasteiger partial charge in [-0.15, -0.1) is 11.6 Å². The van der Waals surface area contributed by atoms with E-state index in [-0.39, 0.29) is 11.9 Å². The van der Waals surface area contributed by atoms with Gasteiger partial charge in [0.2, 0.25) is 5.82 Å². The fraction of sp³-hybridized carbons (Fsp3) is 0.621. The van der Waals surface area contributed by atoms with Crippen LogP contribution in [-0.4, -0.2) is 43.6 Å². The topological polar surface area (TPSA) is 94.8 Å². The highest BCUT2D eigenvalue weighted by Crippen LogP contribution is 2.37. The zero-order valence-corrected chi connectivity index (χ0v) is 24.2. The molecule has 5 rings (SSSR count). The first-order valence-electron chi connectivity index (χ1n) is 14.0. The quantitative estimate of drug-likeness (QED) is 0.243. The number of nitrogens with zero attached hydrogens (tertiary/aromatic N) is 5. The number of imidazole rings is 1. The average molecular weight is 557 g/mol. The van der Waals surface area contributed by atoms with Crippen LogP contribution in [0, 0.1) is 23.6 Å². The number of nitrogens with one attached hydrogen (secondary N) is 1. The molecule has 3 heterocycles. The van der Waals surface area contributed by atoms with Crippen LogP contribution in [0.4, 0.5) is 10.2 Å². The Balaban J connectivity index is 1.69. The smallest absolute Gasteiger partial charge is 0.376 e. The van der Waals surface area contributed by atoms with Gasteiger partial charge in [0.25, 0.3) is 0 Å². The first kappa shape index (κ1) is 27.7. The van der Waals surface area contributed by atoms with Crippen molar-refractivity contribution in [2.75, 3.05) is 12.4 Å². The number of carbonyl (C=O) groups excluding carboxylic acids is 1. The Morgan fingerprint density at radius 1 is 1.21 bits per heavy atom. The molecule has 0 saturated heterocycles. The number of pyridine rings is 1. The van der Waals surface area contributed by atoms with Gasteiger partial charge in [-0.05, 0) is 70.3 Å². The minimum absolute atomic E-state index is 0.0503. The summed E-state index contributed by atoms with van der Waals surface area (Å²) in [7, 11) is 1.31. The van der Waals surface area contributed by atoms with Crippen LogP contribution in [-0.2, 0) is 16.2 Å². The largest absolute Gasteiger partial charge is 0.463 e. The Bertz CT molecular complexity index is 1360. The number of anilines is 1. The highest BCUT2D eigenvalue weighted by Gasteiger charge is 2.30. The summed E-state index contributed by atoms with van der Waals surface area (Å²) in [5.74, 6) is 1.68. The van der Waals surface area contributed by atoms with E-state index < -0.39 is 16.7 Å². The van der Waals surface area contributed by atoms with Crippen LogP contribution in [0.2, 0.25) is 0 Å². The highest BCUT2D eigenvalue weighted by molar-refractivity contribution is 6.23. The number of fused-ring (bicyclic) bond motifs is 1. The summed E-state index contributed by atoms with van der Waals surface area (Å²) in [6.45, 7) is 8.65. The maximum absolute atomic E-state index is 14.7. The Morgan fingerprint density at radius 2 is 1.92 bits per heavy atom. The van der Waals surface area contributed by atoms with Gasteiger partial charge in [-0.1, -0.05) is 26.2 Å². The van der Waals surface area contributed by atoms with Crippen molar-refractivity contribution in [2.45, 2.75) is 90.1 Å². The van der Waals surface area contributed by atoms with E-state index in [0.29, 0.717) is 46.9 Å². The van der Waals surface area contributed by atoms with E-state index in [0.717, 1.165) is 37.1 Å². The van der Waals surface area contributed by atoms with Crippen molar-refractivity contribution >= 4 is 34.6 Å². The highest BCUT2D eigenvalue weighted by atomic mass is 35.5. The number of hydrogen-bond acceptors (Lipinski definition) is 7. The first-order valence-corrected chi connectivity index (χ1v) is 14.4. The average Bonchev–Trinajstić information content (AvgIpc) is 3.21. The van der Waals surface area contributed by atoms with Crippen LogP contribution >= 0.6 is 11.6 Å². The molecule has 0 unspecified atom stereocenters. The fourth-order valence-electron chi connectivity index (χ4n) is 5.75.